The van der Waals surface area contributed by atoms with Crippen molar-refractivity contribution in [3.05, 3.63) is 28.8 Å². The van der Waals surface area contributed by atoms with Crippen LogP contribution in [0.1, 0.15) is 38.2 Å². The van der Waals surface area contributed by atoms with Crippen molar-refractivity contribution in [1.29, 1.82) is 0 Å². The summed E-state index contributed by atoms with van der Waals surface area (Å²) in [7, 11) is 0. The third-order valence-electron chi connectivity index (χ3n) is 3.52. The van der Waals surface area contributed by atoms with E-state index in [-0.39, 0.29) is 24.3 Å². The molecule has 0 heterocycles. The molecule has 0 aromatic heterocycles. The number of aryl methyl sites for hydroxylation is 1. The third kappa shape index (κ3) is 6.10. The lowest BCUT2D eigenvalue weighted by molar-refractivity contribution is -0.155. The lowest BCUT2D eigenvalue weighted by Crippen LogP contribution is -2.37. The van der Waals surface area contributed by atoms with E-state index >= 15 is 0 Å². The van der Waals surface area contributed by atoms with Crippen LogP contribution in [0, 0.1) is 6.92 Å². The Morgan fingerprint density at radius 2 is 2.13 bits per heavy atom. The standard InChI is InChI=1S/C17H22ClNO4/c1-11-10-14(7-8-15(11)18)22-9-3-4-16(20)23-12(2)17(21)19-13-5-6-13/h7-8,10,12-13H,3-6,9H2,1-2H3,(H,19,21)/t12-/m0/s1. The number of carbonyl (C=O) groups excluding carboxylic acids is 2. The van der Waals surface area contributed by atoms with Crippen molar-refractivity contribution in [2.45, 2.75) is 51.7 Å². The lowest BCUT2D eigenvalue weighted by Gasteiger charge is -2.13. The highest BCUT2D eigenvalue weighted by molar-refractivity contribution is 6.31. The average molecular weight is 340 g/mol. The van der Waals surface area contributed by atoms with Crippen molar-refractivity contribution in [2.75, 3.05) is 6.61 Å². The van der Waals surface area contributed by atoms with Gasteiger partial charge in [0.25, 0.3) is 5.91 Å². The highest BCUT2D eigenvalue weighted by Crippen LogP contribution is 2.21. The van der Waals surface area contributed by atoms with Crippen molar-refractivity contribution in [3.8, 4) is 5.75 Å². The van der Waals surface area contributed by atoms with Gasteiger partial charge in [-0.25, -0.2) is 0 Å². The normalized spacial score (nSPS) is 14.9. The van der Waals surface area contributed by atoms with Crippen LogP contribution in [0.25, 0.3) is 0 Å². The molecule has 1 aromatic carbocycles. The molecule has 0 bridgehead atoms. The second-order valence-electron chi connectivity index (χ2n) is 5.78. The Labute approximate surface area is 141 Å². The van der Waals surface area contributed by atoms with E-state index in [1.807, 2.05) is 13.0 Å². The van der Waals surface area contributed by atoms with E-state index in [1.54, 1.807) is 19.1 Å². The summed E-state index contributed by atoms with van der Waals surface area (Å²) in [5.74, 6) is 0.102. The van der Waals surface area contributed by atoms with E-state index < -0.39 is 6.10 Å². The first kappa shape index (κ1) is 17.6. The second-order valence-corrected chi connectivity index (χ2v) is 6.19. The smallest absolute Gasteiger partial charge is 0.306 e. The summed E-state index contributed by atoms with van der Waals surface area (Å²) in [5, 5.41) is 3.50. The van der Waals surface area contributed by atoms with Crippen molar-refractivity contribution in [3.63, 3.8) is 0 Å². The van der Waals surface area contributed by atoms with E-state index in [4.69, 9.17) is 21.1 Å². The minimum absolute atomic E-state index is 0.216. The van der Waals surface area contributed by atoms with Gasteiger partial charge in [-0.3, -0.25) is 9.59 Å². The average Bonchev–Trinajstić information content (AvgIpc) is 3.31. The molecule has 0 aliphatic heterocycles. The van der Waals surface area contributed by atoms with Crippen LogP contribution in [0.2, 0.25) is 5.02 Å². The first-order valence-electron chi connectivity index (χ1n) is 7.84. The van der Waals surface area contributed by atoms with Crippen LogP contribution >= 0.6 is 11.6 Å². The molecule has 1 fully saturated rings. The Balaban J connectivity index is 1.62. The Morgan fingerprint density at radius 3 is 2.78 bits per heavy atom. The second kappa shape index (κ2) is 8.20. The van der Waals surface area contributed by atoms with Gasteiger partial charge in [-0.1, -0.05) is 11.6 Å². The molecule has 0 spiro atoms. The van der Waals surface area contributed by atoms with Crippen molar-refractivity contribution in [2.24, 2.45) is 0 Å². The largest absolute Gasteiger partial charge is 0.494 e. The number of hydrogen-bond acceptors (Lipinski definition) is 4. The fourth-order valence-electron chi connectivity index (χ4n) is 1.97. The zero-order chi connectivity index (χ0) is 16.8. The van der Waals surface area contributed by atoms with Gasteiger partial charge in [0.15, 0.2) is 6.10 Å². The van der Waals surface area contributed by atoms with Crippen molar-refractivity contribution >= 4 is 23.5 Å². The molecule has 2 rings (SSSR count). The number of rotatable bonds is 8. The highest BCUT2D eigenvalue weighted by Gasteiger charge is 2.27. The summed E-state index contributed by atoms with van der Waals surface area (Å²) in [6.07, 6.45) is 2.01. The van der Waals surface area contributed by atoms with E-state index in [0.29, 0.717) is 18.1 Å². The molecule has 1 aromatic rings. The van der Waals surface area contributed by atoms with Crippen molar-refractivity contribution < 1.29 is 19.1 Å². The minimum Gasteiger partial charge on any atom is -0.494 e. The number of benzene rings is 1. The lowest BCUT2D eigenvalue weighted by atomic mass is 10.2. The maximum absolute atomic E-state index is 11.7. The molecule has 0 unspecified atom stereocenters. The molecule has 1 atom stereocenters. The van der Waals surface area contributed by atoms with Crippen LogP contribution in [0.4, 0.5) is 0 Å². The van der Waals surface area contributed by atoms with Crippen molar-refractivity contribution in [1.82, 2.24) is 5.32 Å². The van der Waals surface area contributed by atoms with Gasteiger partial charge in [0.2, 0.25) is 0 Å². The Morgan fingerprint density at radius 1 is 1.39 bits per heavy atom. The number of carbonyl (C=O) groups is 2. The Bertz CT molecular complexity index is 572. The summed E-state index contributed by atoms with van der Waals surface area (Å²) < 4.78 is 10.7. The summed E-state index contributed by atoms with van der Waals surface area (Å²) in [4.78, 5) is 23.4. The molecule has 1 aliphatic carbocycles. The molecular formula is C17H22ClNO4. The fourth-order valence-corrected chi connectivity index (χ4v) is 2.09. The molecular weight excluding hydrogens is 318 g/mol. The molecule has 126 valence electrons. The first-order valence-corrected chi connectivity index (χ1v) is 8.22. The maximum atomic E-state index is 11.7. The van der Waals surface area contributed by atoms with Crippen LogP contribution < -0.4 is 10.1 Å². The fraction of sp³-hybridized carbons (Fsp3) is 0.529. The van der Waals surface area contributed by atoms with Gasteiger partial charge in [0.05, 0.1) is 6.61 Å². The third-order valence-corrected chi connectivity index (χ3v) is 3.95. The first-order chi connectivity index (χ1) is 11.0. The Hall–Kier alpha value is -1.75. The van der Waals surface area contributed by atoms with Gasteiger partial charge in [-0.15, -0.1) is 0 Å². The molecule has 0 radical (unpaired) electrons. The topological polar surface area (TPSA) is 64.6 Å². The van der Waals surface area contributed by atoms with Gasteiger partial charge in [0.1, 0.15) is 5.75 Å². The summed E-state index contributed by atoms with van der Waals surface area (Å²) >= 11 is 5.94. The van der Waals surface area contributed by atoms with Gasteiger partial charge in [-0.2, -0.15) is 0 Å². The van der Waals surface area contributed by atoms with Gasteiger partial charge < -0.3 is 14.8 Å². The predicted octanol–water partition coefficient (Wildman–Crippen LogP) is 3.02. The molecule has 1 N–H and O–H groups in total. The quantitative estimate of drug-likeness (QED) is 0.584. The molecule has 23 heavy (non-hydrogen) atoms. The van der Waals surface area contributed by atoms with E-state index in [0.717, 1.165) is 24.2 Å². The molecule has 6 heteroatoms. The van der Waals surface area contributed by atoms with E-state index in [2.05, 4.69) is 5.32 Å². The van der Waals surface area contributed by atoms with Gasteiger partial charge in [0, 0.05) is 17.5 Å². The van der Waals surface area contributed by atoms with Crippen LogP contribution in [-0.4, -0.2) is 30.6 Å². The number of halogens is 1. The van der Waals surface area contributed by atoms with E-state index in [1.165, 1.54) is 0 Å². The van der Waals surface area contributed by atoms with Crippen LogP contribution in [0.15, 0.2) is 18.2 Å². The maximum Gasteiger partial charge on any atom is 0.306 e. The molecule has 1 saturated carbocycles. The zero-order valence-electron chi connectivity index (χ0n) is 13.4. The highest BCUT2D eigenvalue weighted by atomic mass is 35.5. The SMILES string of the molecule is Cc1cc(OCCCC(=O)O[C@@H](C)C(=O)NC2CC2)ccc1Cl. The number of nitrogens with one attached hydrogen (secondary N) is 1. The molecule has 5 nitrogen and oxygen atoms in total. The van der Waals surface area contributed by atoms with Gasteiger partial charge in [-0.05, 0) is 56.9 Å². The summed E-state index contributed by atoms with van der Waals surface area (Å²) in [6, 6.07) is 5.68. The number of ether oxygens (including phenoxy) is 2. The monoisotopic (exact) mass is 339 g/mol. The van der Waals surface area contributed by atoms with Crippen LogP contribution in [0.3, 0.4) is 0 Å². The molecule has 1 aliphatic rings. The van der Waals surface area contributed by atoms with E-state index in [9.17, 15) is 9.59 Å². The van der Waals surface area contributed by atoms with Crippen LogP contribution in [-0.2, 0) is 14.3 Å². The predicted molar refractivity (Wildman–Crippen MR) is 87.6 cm³/mol. The number of amides is 1. The molecule has 1 amide bonds. The molecule has 0 saturated heterocycles. The van der Waals surface area contributed by atoms with Gasteiger partial charge >= 0.3 is 5.97 Å². The summed E-state index contributed by atoms with van der Waals surface area (Å²) in [5.41, 5.74) is 0.944. The zero-order valence-corrected chi connectivity index (χ0v) is 14.2. The number of hydrogen-bond donors (Lipinski definition) is 1. The Kier molecular flexibility index (Phi) is 6.28. The summed E-state index contributed by atoms with van der Waals surface area (Å²) in [6.45, 7) is 3.89. The van der Waals surface area contributed by atoms with Crippen LogP contribution in [0.5, 0.6) is 5.75 Å². The number of esters is 1. The minimum atomic E-state index is -0.747.